The van der Waals surface area contributed by atoms with Gasteiger partial charge in [-0.05, 0) is 57.3 Å². The van der Waals surface area contributed by atoms with Gasteiger partial charge in [0, 0.05) is 37.8 Å². The lowest BCUT2D eigenvalue weighted by Gasteiger charge is -2.37. The van der Waals surface area contributed by atoms with E-state index in [0.717, 1.165) is 39.0 Å². The van der Waals surface area contributed by atoms with Crippen molar-refractivity contribution in [3.05, 3.63) is 29.8 Å². The minimum atomic E-state index is 0.318. The summed E-state index contributed by atoms with van der Waals surface area (Å²) in [5.41, 5.74) is 2.75. The molecule has 1 aromatic rings. The van der Waals surface area contributed by atoms with E-state index in [1.165, 1.54) is 17.7 Å². The van der Waals surface area contributed by atoms with Crippen LogP contribution < -0.4 is 10.2 Å². The third-order valence-electron chi connectivity index (χ3n) is 5.36. The Morgan fingerprint density at radius 1 is 1.30 bits per heavy atom. The van der Waals surface area contributed by atoms with Crippen LogP contribution in [0.4, 0.5) is 5.69 Å². The van der Waals surface area contributed by atoms with Crippen LogP contribution in [0.5, 0.6) is 0 Å². The fourth-order valence-corrected chi connectivity index (χ4v) is 3.99. The molecular weight excluding hydrogens is 286 g/mol. The summed E-state index contributed by atoms with van der Waals surface area (Å²) >= 11 is 0. The molecule has 1 N–H and O–H groups in total. The summed E-state index contributed by atoms with van der Waals surface area (Å²) in [7, 11) is 1.99. The second-order valence-electron chi connectivity index (χ2n) is 7.01. The normalized spacial score (nSPS) is 23.9. The highest BCUT2D eigenvalue weighted by Gasteiger charge is 2.27. The van der Waals surface area contributed by atoms with Crippen LogP contribution in [0.25, 0.3) is 0 Å². The average molecular weight is 315 g/mol. The van der Waals surface area contributed by atoms with Gasteiger partial charge in [-0.1, -0.05) is 18.2 Å². The number of hydrogen-bond acceptors (Lipinski definition) is 3. The van der Waals surface area contributed by atoms with Crippen LogP contribution >= 0.6 is 0 Å². The number of nitrogens with zero attached hydrogens (tertiary/aromatic N) is 2. The Balaban J connectivity index is 1.57. The number of aryl methyl sites for hydroxylation is 1. The van der Waals surface area contributed by atoms with E-state index in [2.05, 4.69) is 46.3 Å². The van der Waals surface area contributed by atoms with Gasteiger partial charge in [0.2, 0.25) is 5.91 Å². The van der Waals surface area contributed by atoms with Crippen LogP contribution in [-0.4, -0.2) is 50.1 Å². The maximum absolute atomic E-state index is 12.5. The molecule has 2 aliphatic rings. The molecular formula is C19H29N3O. The number of nitrogens with one attached hydrogen (secondary N) is 1. The number of fused-ring (bicyclic) bond motifs is 1. The molecule has 0 unspecified atom stereocenters. The number of benzene rings is 1. The summed E-state index contributed by atoms with van der Waals surface area (Å²) in [6, 6.07) is 9.17. The summed E-state index contributed by atoms with van der Waals surface area (Å²) < 4.78 is 0. The molecule has 126 valence electrons. The molecule has 0 aromatic heterocycles. The van der Waals surface area contributed by atoms with E-state index in [4.69, 9.17) is 0 Å². The van der Waals surface area contributed by atoms with Gasteiger partial charge >= 0.3 is 0 Å². The first-order valence-electron chi connectivity index (χ1n) is 8.96. The minimum absolute atomic E-state index is 0.318. The highest BCUT2D eigenvalue weighted by atomic mass is 16.2. The molecule has 1 fully saturated rings. The second kappa shape index (κ2) is 7.35. The summed E-state index contributed by atoms with van der Waals surface area (Å²) in [5, 5.41) is 3.22. The molecule has 2 atom stereocenters. The van der Waals surface area contributed by atoms with Gasteiger partial charge in [-0.2, -0.15) is 0 Å². The second-order valence-corrected chi connectivity index (χ2v) is 7.01. The highest BCUT2D eigenvalue weighted by molar-refractivity contribution is 5.77. The third-order valence-corrected chi connectivity index (χ3v) is 5.36. The Hall–Kier alpha value is -1.55. The van der Waals surface area contributed by atoms with Gasteiger partial charge in [-0.3, -0.25) is 4.79 Å². The van der Waals surface area contributed by atoms with E-state index in [9.17, 15) is 4.79 Å². The summed E-state index contributed by atoms with van der Waals surface area (Å²) in [5.74, 6) is 0.942. The van der Waals surface area contributed by atoms with E-state index in [1.54, 1.807) is 0 Å². The molecule has 1 amide bonds. The van der Waals surface area contributed by atoms with E-state index in [1.807, 2.05) is 7.05 Å². The van der Waals surface area contributed by atoms with Crippen LogP contribution in [0.3, 0.4) is 0 Å². The van der Waals surface area contributed by atoms with E-state index >= 15 is 0 Å². The minimum Gasteiger partial charge on any atom is -0.368 e. The Labute approximate surface area is 139 Å². The lowest BCUT2D eigenvalue weighted by atomic mass is 9.96. The van der Waals surface area contributed by atoms with Crippen LogP contribution in [-0.2, 0) is 11.2 Å². The first-order valence-corrected chi connectivity index (χ1v) is 8.96. The Bertz CT molecular complexity index is 545. The van der Waals surface area contributed by atoms with Crippen molar-refractivity contribution in [1.29, 1.82) is 0 Å². The fourth-order valence-electron chi connectivity index (χ4n) is 3.99. The van der Waals surface area contributed by atoms with Gasteiger partial charge < -0.3 is 15.1 Å². The smallest absolute Gasteiger partial charge is 0.224 e. The standard InChI is InChI=1S/C19H29N3O/c1-15-7-8-17-5-3-4-6-18(17)22(15)12-10-19(23)21-11-9-16(14-21)13-20-2/h3-6,15-16,20H,7-14H2,1-2H3/t15-,16+/m1/s1. The van der Waals surface area contributed by atoms with Crippen molar-refractivity contribution in [3.63, 3.8) is 0 Å². The molecule has 1 aromatic carbocycles. The SMILES string of the molecule is CNC[C@@H]1CCN(C(=O)CCN2c3ccccc3CC[C@H]2C)C1. The van der Waals surface area contributed by atoms with E-state index in [0.29, 0.717) is 24.3 Å². The van der Waals surface area contributed by atoms with Gasteiger partial charge in [-0.15, -0.1) is 0 Å². The number of rotatable bonds is 5. The zero-order chi connectivity index (χ0) is 16.2. The molecule has 3 rings (SSSR count). The highest BCUT2D eigenvalue weighted by Crippen LogP contribution is 2.30. The molecule has 1 saturated heterocycles. The topological polar surface area (TPSA) is 35.6 Å². The van der Waals surface area contributed by atoms with Crippen molar-refractivity contribution in [1.82, 2.24) is 10.2 Å². The molecule has 0 aliphatic carbocycles. The number of likely N-dealkylation sites (tertiary alicyclic amines) is 1. The molecule has 4 heteroatoms. The summed E-state index contributed by atoms with van der Waals surface area (Å²) in [6.45, 7) is 5.98. The van der Waals surface area contributed by atoms with Gasteiger partial charge in [0.25, 0.3) is 0 Å². The molecule has 2 heterocycles. The number of carbonyl (C=O) groups excluding carboxylic acids is 1. The predicted octanol–water partition coefficient (Wildman–Crippen LogP) is 2.29. The van der Waals surface area contributed by atoms with Crippen LogP contribution in [0.2, 0.25) is 0 Å². The zero-order valence-electron chi connectivity index (χ0n) is 14.4. The monoisotopic (exact) mass is 315 g/mol. The molecule has 0 saturated carbocycles. The fraction of sp³-hybridized carbons (Fsp3) is 0.632. The number of hydrogen-bond donors (Lipinski definition) is 1. The van der Waals surface area contributed by atoms with Crippen LogP contribution in [0.1, 0.15) is 31.7 Å². The van der Waals surface area contributed by atoms with Crippen molar-refractivity contribution in [2.75, 3.05) is 38.1 Å². The van der Waals surface area contributed by atoms with Gasteiger partial charge in [0.1, 0.15) is 0 Å². The quantitative estimate of drug-likeness (QED) is 0.905. The molecule has 0 radical (unpaired) electrons. The molecule has 4 nitrogen and oxygen atoms in total. The number of amides is 1. The molecule has 2 aliphatic heterocycles. The third kappa shape index (κ3) is 3.69. The Morgan fingerprint density at radius 3 is 2.96 bits per heavy atom. The van der Waals surface area contributed by atoms with Crippen molar-refractivity contribution in [3.8, 4) is 0 Å². The van der Waals surface area contributed by atoms with Crippen molar-refractivity contribution in [2.45, 2.75) is 38.6 Å². The predicted molar refractivity (Wildman–Crippen MR) is 94.8 cm³/mol. The lowest BCUT2D eigenvalue weighted by Crippen LogP contribution is -2.40. The Kier molecular flexibility index (Phi) is 5.21. The van der Waals surface area contributed by atoms with Crippen LogP contribution in [0.15, 0.2) is 24.3 Å². The number of para-hydroxylation sites is 1. The van der Waals surface area contributed by atoms with Gasteiger partial charge in [0.05, 0.1) is 0 Å². The lowest BCUT2D eigenvalue weighted by molar-refractivity contribution is -0.130. The van der Waals surface area contributed by atoms with Crippen LogP contribution in [0, 0.1) is 5.92 Å². The van der Waals surface area contributed by atoms with Gasteiger partial charge in [-0.25, -0.2) is 0 Å². The first kappa shape index (κ1) is 16.3. The number of carbonyl (C=O) groups is 1. The Morgan fingerprint density at radius 2 is 2.13 bits per heavy atom. The zero-order valence-corrected chi connectivity index (χ0v) is 14.4. The van der Waals surface area contributed by atoms with Crippen molar-refractivity contribution < 1.29 is 4.79 Å². The maximum Gasteiger partial charge on any atom is 0.224 e. The summed E-state index contributed by atoms with van der Waals surface area (Å²) in [6.07, 6.45) is 4.10. The molecule has 23 heavy (non-hydrogen) atoms. The largest absolute Gasteiger partial charge is 0.368 e. The molecule has 0 spiro atoms. The average Bonchev–Trinajstić information content (AvgIpc) is 3.03. The maximum atomic E-state index is 12.5. The van der Waals surface area contributed by atoms with E-state index < -0.39 is 0 Å². The number of anilines is 1. The molecule has 0 bridgehead atoms. The van der Waals surface area contributed by atoms with E-state index in [-0.39, 0.29) is 0 Å². The van der Waals surface area contributed by atoms with Gasteiger partial charge in [0.15, 0.2) is 0 Å². The van der Waals surface area contributed by atoms with Crippen molar-refractivity contribution >= 4 is 11.6 Å². The van der Waals surface area contributed by atoms with Crippen molar-refractivity contribution in [2.24, 2.45) is 5.92 Å². The first-order chi connectivity index (χ1) is 11.2. The summed E-state index contributed by atoms with van der Waals surface area (Å²) in [4.78, 5) is 17.0.